The molecule has 0 unspecified atom stereocenters. The van der Waals surface area contributed by atoms with E-state index < -0.39 is 0 Å². The van der Waals surface area contributed by atoms with Crippen LogP contribution in [0.15, 0.2) is 54.7 Å². The van der Waals surface area contributed by atoms with Crippen LogP contribution < -0.4 is 5.73 Å². The number of carbonyl (C=O) groups excluding carboxylic acids is 1. The molecule has 0 spiro atoms. The summed E-state index contributed by atoms with van der Waals surface area (Å²) in [6.07, 6.45) is 2.00. The molecule has 2 aliphatic rings. The zero-order valence-electron chi connectivity index (χ0n) is 18.6. The number of amides is 1. The molecule has 1 fully saturated rings. The number of aromatic nitrogens is 2. The van der Waals surface area contributed by atoms with Gasteiger partial charge in [0, 0.05) is 45.8 Å². The highest BCUT2D eigenvalue weighted by atomic mass is 16.2. The van der Waals surface area contributed by atoms with Crippen LogP contribution in [0.1, 0.15) is 22.4 Å². The predicted molar refractivity (Wildman–Crippen MR) is 125 cm³/mol. The molecule has 0 radical (unpaired) electrons. The molecule has 0 bridgehead atoms. The first-order valence-electron chi connectivity index (χ1n) is 11.2. The van der Waals surface area contributed by atoms with Crippen molar-refractivity contribution in [1.29, 1.82) is 0 Å². The van der Waals surface area contributed by atoms with Crippen LogP contribution in [0.5, 0.6) is 0 Å². The molecule has 166 valence electrons. The molecule has 5 rings (SSSR count). The molecule has 3 heterocycles. The fraction of sp³-hybridized carbons (Fsp3) is 0.360. The second kappa shape index (κ2) is 8.76. The molecule has 2 aromatic carbocycles. The van der Waals surface area contributed by atoms with E-state index in [4.69, 9.17) is 5.73 Å². The summed E-state index contributed by atoms with van der Waals surface area (Å²) in [4.78, 5) is 19.8. The Balaban J connectivity index is 1.22. The Labute approximate surface area is 189 Å². The van der Waals surface area contributed by atoms with Crippen molar-refractivity contribution in [2.75, 3.05) is 39.0 Å². The number of nitrogen functional groups attached to an aromatic ring is 1. The van der Waals surface area contributed by atoms with Crippen molar-refractivity contribution >= 4 is 11.6 Å². The predicted octanol–water partition coefficient (Wildman–Crippen LogP) is 2.29. The first-order valence-corrected chi connectivity index (χ1v) is 11.2. The molecule has 0 aliphatic carbocycles. The van der Waals surface area contributed by atoms with E-state index in [1.165, 1.54) is 16.7 Å². The number of benzene rings is 2. The Bertz CT molecular complexity index is 1100. The number of nitrogens with zero attached hydrogens (tertiary/aromatic N) is 5. The number of rotatable bonds is 5. The maximum absolute atomic E-state index is 13.0. The minimum absolute atomic E-state index is 0.0619. The molecule has 7 heteroatoms. The Hall–Kier alpha value is -3.16. The second-order valence-electron chi connectivity index (χ2n) is 8.92. The molecule has 0 saturated carbocycles. The lowest BCUT2D eigenvalue weighted by molar-refractivity contribution is -0.131. The van der Waals surface area contributed by atoms with Gasteiger partial charge in [-0.3, -0.25) is 9.69 Å². The van der Waals surface area contributed by atoms with Crippen molar-refractivity contribution in [1.82, 2.24) is 24.5 Å². The van der Waals surface area contributed by atoms with Crippen LogP contribution in [0.25, 0.3) is 5.69 Å². The van der Waals surface area contributed by atoms with Gasteiger partial charge in [-0.25, -0.2) is 4.68 Å². The summed E-state index contributed by atoms with van der Waals surface area (Å²) in [6, 6.07) is 16.5. The molecular formula is C25H30N6O. The topological polar surface area (TPSA) is 70.6 Å². The van der Waals surface area contributed by atoms with E-state index in [9.17, 15) is 4.79 Å². The minimum Gasteiger partial charge on any atom is -0.396 e. The third kappa shape index (κ3) is 4.40. The second-order valence-corrected chi connectivity index (χ2v) is 8.92. The Kier molecular flexibility index (Phi) is 5.68. The van der Waals surface area contributed by atoms with Gasteiger partial charge >= 0.3 is 0 Å². The van der Waals surface area contributed by atoms with Crippen molar-refractivity contribution in [2.45, 2.75) is 26.1 Å². The maximum Gasteiger partial charge on any atom is 0.229 e. The van der Waals surface area contributed by atoms with Gasteiger partial charge in [0.1, 0.15) is 0 Å². The molecule has 1 saturated heterocycles. The smallest absolute Gasteiger partial charge is 0.229 e. The zero-order valence-corrected chi connectivity index (χ0v) is 18.6. The summed E-state index contributed by atoms with van der Waals surface area (Å²) in [6.45, 7) is 6.74. The molecule has 3 aromatic rings. The van der Waals surface area contributed by atoms with Crippen molar-refractivity contribution in [2.24, 2.45) is 0 Å². The number of likely N-dealkylation sites (N-methyl/N-ethyl adjacent to an activating group) is 1. The number of anilines is 1. The highest BCUT2D eigenvalue weighted by molar-refractivity contribution is 5.80. The molecule has 1 aromatic heterocycles. The summed E-state index contributed by atoms with van der Waals surface area (Å²) in [5.41, 5.74) is 12.1. The van der Waals surface area contributed by atoms with Crippen LogP contribution in [-0.4, -0.2) is 63.6 Å². The van der Waals surface area contributed by atoms with Crippen molar-refractivity contribution in [3.05, 3.63) is 77.1 Å². The lowest BCUT2D eigenvalue weighted by Crippen LogP contribution is -2.43. The normalized spacial score (nSPS) is 17.0. The average Bonchev–Trinajstić information content (AvgIpc) is 3.39. The van der Waals surface area contributed by atoms with E-state index in [2.05, 4.69) is 40.1 Å². The average molecular weight is 431 g/mol. The summed E-state index contributed by atoms with van der Waals surface area (Å²) >= 11 is 0. The van der Waals surface area contributed by atoms with E-state index in [-0.39, 0.29) is 12.3 Å². The molecule has 0 atom stereocenters. The summed E-state index contributed by atoms with van der Waals surface area (Å²) < 4.78 is 1.74. The van der Waals surface area contributed by atoms with Crippen LogP contribution in [0.2, 0.25) is 0 Å². The first-order chi connectivity index (χ1) is 15.5. The standard InChI is InChI=1S/C25H30N6O/c1-28-9-11-29(12-10-28)15-19-7-8-20-16-30(17-21(20)13-19)25(32)14-24-23(26)18-31(27-24)22-5-3-2-4-6-22/h2-8,13,18H,9-12,14-17,26H2,1H3. The van der Waals surface area contributed by atoms with Gasteiger partial charge in [-0.15, -0.1) is 0 Å². The SMILES string of the molecule is CN1CCN(Cc2ccc3c(c2)CN(C(=O)Cc2nn(-c4ccccc4)cc2N)C3)CC1. The van der Waals surface area contributed by atoms with Crippen molar-refractivity contribution in [3.8, 4) is 5.69 Å². The number of hydrogen-bond donors (Lipinski definition) is 1. The van der Waals surface area contributed by atoms with E-state index in [0.29, 0.717) is 24.5 Å². The fourth-order valence-electron chi connectivity index (χ4n) is 4.52. The molecule has 32 heavy (non-hydrogen) atoms. The Morgan fingerprint density at radius 2 is 1.75 bits per heavy atom. The monoisotopic (exact) mass is 430 g/mol. The lowest BCUT2D eigenvalue weighted by Gasteiger charge is -2.32. The quantitative estimate of drug-likeness (QED) is 0.673. The van der Waals surface area contributed by atoms with Crippen molar-refractivity contribution < 1.29 is 4.79 Å². The van der Waals surface area contributed by atoms with Crippen LogP contribution in [0, 0.1) is 0 Å². The zero-order chi connectivity index (χ0) is 22.1. The van der Waals surface area contributed by atoms with Crippen LogP contribution in [0.3, 0.4) is 0 Å². The number of piperazine rings is 1. The number of para-hydroxylation sites is 1. The van der Waals surface area contributed by atoms with Gasteiger partial charge < -0.3 is 15.5 Å². The third-order valence-corrected chi connectivity index (χ3v) is 6.51. The summed E-state index contributed by atoms with van der Waals surface area (Å²) in [5, 5.41) is 4.56. The fourth-order valence-corrected chi connectivity index (χ4v) is 4.52. The highest BCUT2D eigenvalue weighted by Gasteiger charge is 2.25. The van der Waals surface area contributed by atoms with Crippen LogP contribution >= 0.6 is 0 Å². The molecule has 1 amide bonds. The first kappa shape index (κ1) is 20.7. The van der Waals surface area contributed by atoms with Crippen LogP contribution in [-0.2, 0) is 30.8 Å². The molecular weight excluding hydrogens is 400 g/mol. The Morgan fingerprint density at radius 3 is 2.53 bits per heavy atom. The van der Waals surface area contributed by atoms with E-state index >= 15 is 0 Å². The van der Waals surface area contributed by atoms with Crippen LogP contribution in [0.4, 0.5) is 5.69 Å². The molecule has 2 aliphatic heterocycles. The van der Waals surface area contributed by atoms with E-state index in [1.54, 1.807) is 10.9 Å². The molecule has 2 N–H and O–H groups in total. The minimum atomic E-state index is 0.0619. The van der Waals surface area contributed by atoms with Gasteiger partial charge in [0.2, 0.25) is 5.91 Å². The number of carbonyl (C=O) groups is 1. The number of hydrogen-bond acceptors (Lipinski definition) is 5. The number of fused-ring (bicyclic) bond motifs is 1. The summed E-state index contributed by atoms with van der Waals surface area (Å²) in [5.74, 6) is 0.0619. The lowest BCUT2D eigenvalue weighted by atomic mass is 10.1. The largest absolute Gasteiger partial charge is 0.396 e. The van der Waals surface area contributed by atoms with Gasteiger partial charge in [0.25, 0.3) is 0 Å². The van der Waals surface area contributed by atoms with Gasteiger partial charge in [-0.05, 0) is 35.9 Å². The molecule has 7 nitrogen and oxygen atoms in total. The van der Waals surface area contributed by atoms with Gasteiger partial charge in [-0.2, -0.15) is 5.10 Å². The van der Waals surface area contributed by atoms with E-state index in [1.807, 2.05) is 35.2 Å². The maximum atomic E-state index is 13.0. The van der Waals surface area contributed by atoms with E-state index in [0.717, 1.165) is 38.4 Å². The third-order valence-electron chi connectivity index (χ3n) is 6.51. The van der Waals surface area contributed by atoms with Gasteiger partial charge in [0.05, 0.1) is 29.7 Å². The number of nitrogens with two attached hydrogens (primary N) is 1. The van der Waals surface area contributed by atoms with Gasteiger partial charge in [-0.1, -0.05) is 36.4 Å². The van der Waals surface area contributed by atoms with Gasteiger partial charge in [0.15, 0.2) is 0 Å². The Morgan fingerprint density at radius 1 is 1.00 bits per heavy atom. The van der Waals surface area contributed by atoms with Crippen molar-refractivity contribution in [3.63, 3.8) is 0 Å². The highest BCUT2D eigenvalue weighted by Crippen LogP contribution is 2.26. The summed E-state index contributed by atoms with van der Waals surface area (Å²) in [7, 11) is 2.18.